The van der Waals surface area contributed by atoms with Crippen LogP contribution < -0.4 is 16.0 Å². The van der Waals surface area contributed by atoms with Gasteiger partial charge in [0.25, 0.3) is 0 Å². The highest BCUT2D eigenvalue weighted by molar-refractivity contribution is 5.95. The summed E-state index contributed by atoms with van der Waals surface area (Å²) in [6, 6.07) is 3.87. The van der Waals surface area contributed by atoms with Crippen LogP contribution in [0, 0.1) is 17.2 Å². The molecule has 3 heterocycles. The number of aromatic nitrogens is 3. The first-order chi connectivity index (χ1) is 13.6. The van der Waals surface area contributed by atoms with E-state index in [0.717, 1.165) is 25.9 Å². The number of piperidine rings is 1. The third-order valence-electron chi connectivity index (χ3n) is 4.81. The Morgan fingerprint density at radius 2 is 2.00 bits per heavy atom. The Balaban J connectivity index is 1.81. The predicted molar refractivity (Wildman–Crippen MR) is 104 cm³/mol. The molecular formula is C19H23N7O2. The molecule has 0 spiro atoms. The molecular weight excluding hydrogens is 358 g/mol. The molecule has 9 heteroatoms. The Morgan fingerprint density at radius 3 is 2.64 bits per heavy atom. The van der Waals surface area contributed by atoms with Crippen LogP contribution in [0.1, 0.15) is 35.8 Å². The van der Waals surface area contributed by atoms with Crippen molar-refractivity contribution in [3.05, 3.63) is 35.9 Å². The lowest BCUT2D eigenvalue weighted by atomic mass is 9.91. The zero-order valence-electron chi connectivity index (χ0n) is 15.9. The molecule has 146 valence electrons. The van der Waals surface area contributed by atoms with E-state index in [2.05, 4.69) is 37.8 Å². The smallest absolute Gasteiger partial charge is 0.341 e. The maximum absolute atomic E-state index is 12.1. The van der Waals surface area contributed by atoms with E-state index in [4.69, 9.17) is 10.00 Å². The summed E-state index contributed by atoms with van der Waals surface area (Å²) in [5, 5.41) is 18.7. The summed E-state index contributed by atoms with van der Waals surface area (Å²) in [6.45, 7) is 4.12. The number of ether oxygens (including phenoxy) is 1. The summed E-state index contributed by atoms with van der Waals surface area (Å²) in [4.78, 5) is 24.5. The zero-order valence-corrected chi connectivity index (χ0v) is 15.9. The van der Waals surface area contributed by atoms with Crippen molar-refractivity contribution in [3.8, 4) is 6.07 Å². The summed E-state index contributed by atoms with van der Waals surface area (Å²) < 4.78 is 4.89. The fourth-order valence-electron chi connectivity index (χ4n) is 3.20. The van der Waals surface area contributed by atoms with Crippen molar-refractivity contribution < 1.29 is 9.53 Å². The number of esters is 1. The van der Waals surface area contributed by atoms with Crippen molar-refractivity contribution in [1.82, 2.24) is 20.3 Å². The van der Waals surface area contributed by atoms with Crippen molar-refractivity contribution in [2.45, 2.75) is 25.8 Å². The van der Waals surface area contributed by atoms with Crippen LogP contribution in [0.5, 0.6) is 0 Å². The van der Waals surface area contributed by atoms with Crippen LogP contribution in [0.15, 0.2) is 24.7 Å². The van der Waals surface area contributed by atoms with E-state index in [1.807, 2.05) is 6.07 Å². The van der Waals surface area contributed by atoms with E-state index < -0.39 is 5.97 Å². The van der Waals surface area contributed by atoms with Gasteiger partial charge < -0.3 is 20.7 Å². The third-order valence-corrected chi connectivity index (χ3v) is 4.81. The Kier molecular flexibility index (Phi) is 6.34. The van der Waals surface area contributed by atoms with Crippen LogP contribution in [0.2, 0.25) is 0 Å². The second kappa shape index (κ2) is 9.10. The molecule has 0 bridgehead atoms. The minimum Gasteiger partial charge on any atom is -0.465 e. The van der Waals surface area contributed by atoms with Gasteiger partial charge >= 0.3 is 5.97 Å². The molecule has 0 radical (unpaired) electrons. The summed E-state index contributed by atoms with van der Waals surface area (Å²) in [5.74, 6) is 1.03. The molecule has 1 fully saturated rings. The van der Waals surface area contributed by atoms with Gasteiger partial charge in [-0.3, -0.25) is 0 Å². The number of methoxy groups -OCH3 is 1. The molecule has 0 aliphatic carbocycles. The number of nitrogens with one attached hydrogen (secondary N) is 3. The summed E-state index contributed by atoms with van der Waals surface area (Å²) >= 11 is 0. The molecule has 1 aliphatic heterocycles. The highest BCUT2D eigenvalue weighted by Crippen LogP contribution is 2.25. The van der Waals surface area contributed by atoms with Crippen LogP contribution in [0.3, 0.4) is 0 Å². The minimum atomic E-state index is -0.447. The van der Waals surface area contributed by atoms with E-state index in [0.29, 0.717) is 28.8 Å². The maximum Gasteiger partial charge on any atom is 0.341 e. The number of rotatable bonds is 6. The first kappa shape index (κ1) is 19.5. The lowest BCUT2D eigenvalue weighted by molar-refractivity contribution is 0.0601. The second-order valence-corrected chi connectivity index (χ2v) is 6.65. The molecule has 0 aromatic carbocycles. The van der Waals surface area contributed by atoms with Crippen molar-refractivity contribution in [3.63, 3.8) is 0 Å². The quantitative estimate of drug-likeness (QED) is 0.645. The Hall–Kier alpha value is -3.25. The number of nitrogens with zero attached hydrogens (tertiary/aromatic N) is 4. The van der Waals surface area contributed by atoms with Gasteiger partial charge in [-0.05, 0) is 38.8 Å². The SMILES string of the molecule is COC(=O)c1cnc(Nc2cnc(C#N)cn2)cc1NC(C)C1CCNCC1. The van der Waals surface area contributed by atoms with Gasteiger partial charge in [0.2, 0.25) is 0 Å². The van der Waals surface area contributed by atoms with Gasteiger partial charge in [-0.2, -0.15) is 5.26 Å². The van der Waals surface area contributed by atoms with Gasteiger partial charge in [0.05, 0.1) is 25.2 Å². The monoisotopic (exact) mass is 381 g/mol. The van der Waals surface area contributed by atoms with Crippen molar-refractivity contribution in [2.24, 2.45) is 5.92 Å². The molecule has 0 saturated carbocycles. The molecule has 0 amide bonds. The lowest BCUT2D eigenvalue weighted by Crippen LogP contribution is -2.36. The average molecular weight is 381 g/mol. The topological polar surface area (TPSA) is 125 Å². The number of hydrogen-bond donors (Lipinski definition) is 3. The van der Waals surface area contributed by atoms with Crippen LogP contribution >= 0.6 is 0 Å². The predicted octanol–water partition coefficient (Wildman–Crippen LogP) is 2.07. The zero-order chi connectivity index (χ0) is 19.9. The molecule has 3 N–H and O–H groups in total. The normalized spacial score (nSPS) is 15.3. The van der Waals surface area contributed by atoms with Crippen LogP contribution in [0.4, 0.5) is 17.3 Å². The van der Waals surface area contributed by atoms with Gasteiger partial charge in [0, 0.05) is 18.3 Å². The van der Waals surface area contributed by atoms with Crippen LogP contribution in [-0.2, 0) is 4.74 Å². The van der Waals surface area contributed by atoms with E-state index in [9.17, 15) is 4.79 Å². The number of carbonyl (C=O) groups is 1. The first-order valence-corrected chi connectivity index (χ1v) is 9.15. The number of carbonyl (C=O) groups excluding carboxylic acids is 1. The number of anilines is 3. The standard InChI is InChI=1S/C19H23N7O2/c1-12(13-3-5-21-6-4-13)25-16-7-17(24-10-15(16)19(27)28-2)26-18-11-22-14(8-20)9-23-18/h7,9-13,21H,3-6H2,1-2H3,(H2,23,24,25,26). The van der Waals surface area contributed by atoms with Crippen molar-refractivity contribution >= 4 is 23.3 Å². The number of nitriles is 1. The average Bonchev–Trinajstić information content (AvgIpc) is 2.74. The molecule has 1 aliphatic rings. The molecule has 1 saturated heterocycles. The molecule has 9 nitrogen and oxygen atoms in total. The number of pyridine rings is 1. The van der Waals surface area contributed by atoms with Crippen molar-refractivity contribution in [2.75, 3.05) is 30.8 Å². The lowest BCUT2D eigenvalue weighted by Gasteiger charge is -2.30. The van der Waals surface area contributed by atoms with E-state index >= 15 is 0 Å². The second-order valence-electron chi connectivity index (χ2n) is 6.65. The van der Waals surface area contributed by atoms with Gasteiger partial charge in [0.1, 0.15) is 23.3 Å². The molecule has 2 aromatic heterocycles. The fourth-order valence-corrected chi connectivity index (χ4v) is 3.20. The highest BCUT2D eigenvalue weighted by Gasteiger charge is 2.22. The first-order valence-electron chi connectivity index (χ1n) is 9.15. The summed E-state index contributed by atoms with van der Waals surface area (Å²) in [6.07, 6.45) is 6.48. The molecule has 3 rings (SSSR count). The van der Waals surface area contributed by atoms with Crippen LogP contribution in [0.25, 0.3) is 0 Å². The van der Waals surface area contributed by atoms with Gasteiger partial charge in [0.15, 0.2) is 5.69 Å². The summed E-state index contributed by atoms with van der Waals surface area (Å²) in [5.41, 5.74) is 1.26. The molecule has 1 unspecified atom stereocenters. The highest BCUT2D eigenvalue weighted by atomic mass is 16.5. The van der Waals surface area contributed by atoms with Gasteiger partial charge in [-0.1, -0.05) is 0 Å². The van der Waals surface area contributed by atoms with E-state index in [-0.39, 0.29) is 11.7 Å². The largest absolute Gasteiger partial charge is 0.465 e. The Bertz CT molecular complexity index is 858. The Labute approximate surface area is 163 Å². The molecule has 28 heavy (non-hydrogen) atoms. The Morgan fingerprint density at radius 1 is 1.25 bits per heavy atom. The van der Waals surface area contributed by atoms with Gasteiger partial charge in [-0.15, -0.1) is 0 Å². The van der Waals surface area contributed by atoms with Crippen molar-refractivity contribution in [1.29, 1.82) is 5.26 Å². The summed E-state index contributed by atoms with van der Waals surface area (Å²) in [7, 11) is 1.35. The molecule has 2 aromatic rings. The third kappa shape index (κ3) is 4.72. The fraction of sp³-hybridized carbons (Fsp3) is 0.421. The number of hydrogen-bond acceptors (Lipinski definition) is 9. The van der Waals surface area contributed by atoms with Crippen LogP contribution in [-0.4, -0.2) is 47.2 Å². The molecule has 1 atom stereocenters. The maximum atomic E-state index is 12.1. The van der Waals surface area contributed by atoms with E-state index in [1.165, 1.54) is 25.7 Å². The minimum absolute atomic E-state index is 0.190. The van der Waals surface area contributed by atoms with E-state index in [1.54, 1.807) is 6.07 Å². The van der Waals surface area contributed by atoms with Gasteiger partial charge in [-0.25, -0.2) is 19.7 Å².